The molecule has 6 nitrogen and oxygen atoms in total. The molecular weight excluding hydrogens is 268 g/mol. The van der Waals surface area contributed by atoms with Gasteiger partial charge in [0.05, 0.1) is 16.8 Å². The first-order valence-corrected chi connectivity index (χ1v) is 7.65. The molecule has 1 atom stereocenters. The van der Waals surface area contributed by atoms with Crippen molar-refractivity contribution in [2.75, 3.05) is 18.0 Å². The number of aryl methyl sites for hydroxylation is 2. The molecule has 2 heterocycles. The third-order valence-electron chi connectivity index (χ3n) is 4.61. The minimum Gasteiger partial charge on any atom is -0.481 e. The minimum atomic E-state index is -0.728. The fraction of sp³-hybridized carbons (Fsp3) is 0.733. The number of carbonyl (C=O) groups is 1. The van der Waals surface area contributed by atoms with E-state index in [0.717, 1.165) is 24.2 Å². The van der Waals surface area contributed by atoms with Gasteiger partial charge in [-0.15, -0.1) is 5.10 Å². The Labute approximate surface area is 125 Å². The van der Waals surface area contributed by atoms with E-state index >= 15 is 0 Å². The fourth-order valence-electron chi connectivity index (χ4n) is 2.96. The van der Waals surface area contributed by atoms with E-state index in [1.807, 2.05) is 32.6 Å². The quantitative estimate of drug-likeness (QED) is 0.893. The fourth-order valence-corrected chi connectivity index (χ4v) is 2.96. The monoisotopic (exact) mass is 292 g/mol. The van der Waals surface area contributed by atoms with E-state index in [-0.39, 0.29) is 5.92 Å². The highest BCUT2D eigenvalue weighted by atomic mass is 16.4. The SMILES string of the molecule is CCc1nnc(N2CCC(C(=O)O)(C(C)C)C2)nc1CC. The van der Waals surface area contributed by atoms with Crippen molar-refractivity contribution in [1.29, 1.82) is 0 Å². The van der Waals surface area contributed by atoms with E-state index in [0.29, 0.717) is 25.5 Å². The average molecular weight is 292 g/mol. The van der Waals surface area contributed by atoms with Crippen molar-refractivity contribution in [2.24, 2.45) is 11.3 Å². The maximum Gasteiger partial charge on any atom is 0.311 e. The molecule has 0 bridgehead atoms. The van der Waals surface area contributed by atoms with Gasteiger partial charge in [0.2, 0.25) is 5.95 Å². The predicted octanol–water partition coefficient (Wildman–Crippen LogP) is 1.93. The van der Waals surface area contributed by atoms with Gasteiger partial charge in [0.15, 0.2) is 0 Å². The summed E-state index contributed by atoms with van der Waals surface area (Å²) in [6.07, 6.45) is 2.25. The van der Waals surface area contributed by atoms with Crippen LogP contribution in [0.5, 0.6) is 0 Å². The Hall–Kier alpha value is -1.72. The standard InChI is InChI=1S/C15H24N4O2/c1-5-11-12(6-2)17-18-14(16-11)19-8-7-15(9-19,10(3)4)13(20)21/h10H,5-9H2,1-4H3,(H,20,21). The van der Waals surface area contributed by atoms with Gasteiger partial charge < -0.3 is 10.0 Å². The van der Waals surface area contributed by atoms with Crippen LogP contribution in [0.15, 0.2) is 0 Å². The van der Waals surface area contributed by atoms with Crippen molar-refractivity contribution in [3.05, 3.63) is 11.4 Å². The van der Waals surface area contributed by atoms with Crippen molar-refractivity contribution in [3.8, 4) is 0 Å². The summed E-state index contributed by atoms with van der Waals surface area (Å²) in [5.41, 5.74) is 1.17. The summed E-state index contributed by atoms with van der Waals surface area (Å²) in [4.78, 5) is 18.2. The summed E-state index contributed by atoms with van der Waals surface area (Å²) < 4.78 is 0. The van der Waals surface area contributed by atoms with E-state index < -0.39 is 11.4 Å². The molecule has 1 N–H and O–H groups in total. The molecule has 116 valence electrons. The molecule has 1 unspecified atom stereocenters. The minimum absolute atomic E-state index is 0.0773. The molecular formula is C15H24N4O2. The van der Waals surface area contributed by atoms with Gasteiger partial charge in [0.1, 0.15) is 0 Å². The zero-order chi connectivity index (χ0) is 15.6. The van der Waals surface area contributed by atoms with E-state index in [1.54, 1.807) is 0 Å². The van der Waals surface area contributed by atoms with Gasteiger partial charge >= 0.3 is 5.97 Å². The molecule has 0 aliphatic carbocycles. The summed E-state index contributed by atoms with van der Waals surface area (Å²) in [7, 11) is 0. The maximum atomic E-state index is 11.7. The van der Waals surface area contributed by atoms with Crippen molar-refractivity contribution < 1.29 is 9.90 Å². The Bertz CT molecular complexity index is 532. The summed E-state index contributed by atoms with van der Waals surface area (Å²) in [5.74, 6) is -0.0878. The Balaban J connectivity index is 2.27. The highest BCUT2D eigenvalue weighted by molar-refractivity contribution is 5.76. The van der Waals surface area contributed by atoms with Gasteiger partial charge in [0, 0.05) is 13.1 Å². The van der Waals surface area contributed by atoms with Gasteiger partial charge in [-0.25, -0.2) is 4.98 Å². The largest absolute Gasteiger partial charge is 0.481 e. The molecule has 0 radical (unpaired) electrons. The van der Waals surface area contributed by atoms with Crippen LogP contribution in [-0.2, 0) is 17.6 Å². The van der Waals surface area contributed by atoms with Gasteiger partial charge in [-0.05, 0) is 25.2 Å². The summed E-state index contributed by atoms with van der Waals surface area (Å²) >= 11 is 0. The number of hydrogen-bond donors (Lipinski definition) is 1. The van der Waals surface area contributed by atoms with Crippen LogP contribution in [0.25, 0.3) is 0 Å². The highest BCUT2D eigenvalue weighted by Crippen LogP contribution is 2.39. The van der Waals surface area contributed by atoms with E-state index in [9.17, 15) is 9.90 Å². The maximum absolute atomic E-state index is 11.7. The number of nitrogens with zero attached hydrogens (tertiary/aromatic N) is 4. The molecule has 6 heteroatoms. The van der Waals surface area contributed by atoms with Crippen molar-refractivity contribution in [3.63, 3.8) is 0 Å². The molecule has 0 spiro atoms. The zero-order valence-electron chi connectivity index (χ0n) is 13.3. The predicted molar refractivity (Wildman–Crippen MR) is 80.3 cm³/mol. The van der Waals surface area contributed by atoms with E-state index in [2.05, 4.69) is 15.2 Å². The number of hydrogen-bond acceptors (Lipinski definition) is 5. The number of rotatable bonds is 5. The van der Waals surface area contributed by atoms with Crippen molar-refractivity contribution in [2.45, 2.75) is 47.0 Å². The number of carboxylic acids is 1. The molecule has 1 saturated heterocycles. The first-order valence-electron chi connectivity index (χ1n) is 7.65. The molecule has 1 aliphatic rings. The lowest BCUT2D eigenvalue weighted by molar-refractivity contribution is -0.150. The lowest BCUT2D eigenvalue weighted by Gasteiger charge is -2.28. The van der Waals surface area contributed by atoms with Crippen LogP contribution < -0.4 is 4.90 Å². The topological polar surface area (TPSA) is 79.2 Å². The van der Waals surface area contributed by atoms with Crippen LogP contribution in [0, 0.1) is 11.3 Å². The Morgan fingerprint density at radius 1 is 1.29 bits per heavy atom. The van der Waals surface area contributed by atoms with Crippen LogP contribution >= 0.6 is 0 Å². The van der Waals surface area contributed by atoms with Crippen molar-refractivity contribution in [1.82, 2.24) is 15.2 Å². The van der Waals surface area contributed by atoms with Crippen LogP contribution in [0.3, 0.4) is 0 Å². The molecule has 0 saturated carbocycles. The van der Waals surface area contributed by atoms with Gasteiger partial charge in [-0.1, -0.05) is 27.7 Å². The van der Waals surface area contributed by atoms with E-state index in [1.165, 1.54) is 0 Å². The van der Waals surface area contributed by atoms with Crippen LogP contribution in [0.2, 0.25) is 0 Å². The molecule has 0 aromatic carbocycles. The number of anilines is 1. The zero-order valence-corrected chi connectivity index (χ0v) is 13.3. The second-order valence-corrected chi connectivity index (χ2v) is 6.00. The highest BCUT2D eigenvalue weighted by Gasteiger charge is 2.48. The first-order chi connectivity index (χ1) is 9.94. The number of aliphatic carboxylic acids is 1. The normalized spacial score (nSPS) is 22.0. The van der Waals surface area contributed by atoms with E-state index in [4.69, 9.17) is 0 Å². The van der Waals surface area contributed by atoms with Crippen LogP contribution in [-0.4, -0.2) is 39.3 Å². The molecule has 0 amide bonds. The Morgan fingerprint density at radius 2 is 1.95 bits per heavy atom. The average Bonchev–Trinajstić information content (AvgIpc) is 2.93. The molecule has 2 rings (SSSR count). The second kappa shape index (κ2) is 5.95. The lowest BCUT2D eigenvalue weighted by atomic mass is 9.76. The van der Waals surface area contributed by atoms with Crippen molar-refractivity contribution >= 4 is 11.9 Å². The summed E-state index contributed by atoms with van der Waals surface area (Å²) in [5, 5.41) is 18.0. The first kappa shape index (κ1) is 15.7. The molecule has 1 aromatic heterocycles. The van der Waals surface area contributed by atoms with Gasteiger partial charge in [0.25, 0.3) is 0 Å². The Kier molecular flexibility index (Phi) is 4.44. The summed E-state index contributed by atoms with van der Waals surface area (Å²) in [6, 6.07) is 0. The molecule has 1 aliphatic heterocycles. The molecule has 1 aromatic rings. The lowest BCUT2D eigenvalue weighted by Crippen LogP contribution is -2.39. The third kappa shape index (κ3) is 2.71. The summed E-state index contributed by atoms with van der Waals surface area (Å²) in [6.45, 7) is 9.14. The molecule has 1 fully saturated rings. The van der Waals surface area contributed by atoms with Crippen LogP contribution in [0.1, 0.15) is 45.5 Å². The van der Waals surface area contributed by atoms with Gasteiger partial charge in [-0.3, -0.25) is 4.79 Å². The Morgan fingerprint density at radius 3 is 2.43 bits per heavy atom. The molecule has 21 heavy (non-hydrogen) atoms. The van der Waals surface area contributed by atoms with Crippen LogP contribution in [0.4, 0.5) is 5.95 Å². The number of carboxylic acid groups (broad SMARTS) is 1. The second-order valence-electron chi connectivity index (χ2n) is 6.00. The third-order valence-corrected chi connectivity index (χ3v) is 4.61. The number of aromatic nitrogens is 3. The van der Waals surface area contributed by atoms with Gasteiger partial charge in [-0.2, -0.15) is 5.10 Å². The smallest absolute Gasteiger partial charge is 0.311 e.